The van der Waals surface area contributed by atoms with Crippen molar-refractivity contribution < 1.29 is 9.59 Å². The Hall–Kier alpha value is -2.67. The summed E-state index contributed by atoms with van der Waals surface area (Å²) in [5.74, 6) is -0.178. The first-order chi connectivity index (χ1) is 11.9. The highest BCUT2D eigenvalue weighted by Gasteiger charge is 2.43. The van der Waals surface area contributed by atoms with Crippen LogP contribution in [0.5, 0.6) is 0 Å². The van der Waals surface area contributed by atoms with E-state index in [0.29, 0.717) is 19.6 Å². The van der Waals surface area contributed by atoms with Crippen molar-refractivity contribution in [3.05, 3.63) is 48.3 Å². The molecule has 0 unspecified atom stereocenters. The van der Waals surface area contributed by atoms with Crippen LogP contribution in [0.2, 0.25) is 0 Å². The van der Waals surface area contributed by atoms with E-state index in [1.54, 1.807) is 13.8 Å². The number of amides is 3. The van der Waals surface area contributed by atoms with Gasteiger partial charge in [0.1, 0.15) is 5.54 Å². The van der Waals surface area contributed by atoms with Crippen molar-refractivity contribution in [3.8, 4) is 5.69 Å². The number of carbonyl (C=O) groups is 2. The number of benzene rings is 1. The molecule has 0 aliphatic carbocycles. The largest absolute Gasteiger partial charge is 0.325 e. The molecule has 3 amide bonds. The maximum absolute atomic E-state index is 12.2. The summed E-state index contributed by atoms with van der Waals surface area (Å²) in [6.07, 6.45) is 3.82. The van der Waals surface area contributed by atoms with Crippen molar-refractivity contribution in [3.63, 3.8) is 0 Å². The van der Waals surface area contributed by atoms with Gasteiger partial charge in [-0.1, -0.05) is 18.2 Å². The molecule has 1 aromatic heterocycles. The van der Waals surface area contributed by atoms with Gasteiger partial charge in [-0.05, 0) is 33.0 Å². The molecule has 1 aromatic carbocycles. The van der Waals surface area contributed by atoms with Gasteiger partial charge in [-0.15, -0.1) is 0 Å². The van der Waals surface area contributed by atoms with E-state index in [4.69, 9.17) is 0 Å². The molecule has 0 bridgehead atoms. The van der Waals surface area contributed by atoms with E-state index >= 15 is 0 Å². The second kappa shape index (κ2) is 6.68. The number of hydrogen-bond donors (Lipinski definition) is 1. The van der Waals surface area contributed by atoms with Gasteiger partial charge in [-0.25, -0.2) is 9.48 Å². The average Bonchev–Trinajstić information content (AvgIpc) is 3.10. The zero-order valence-corrected chi connectivity index (χ0v) is 14.8. The Balaban J connectivity index is 1.55. The molecule has 0 saturated carbocycles. The van der Waals surface area contributed by atoms with Gasteiger partial charge < -0.3 is 10.2 Å². The number of carbonyl (C=O) groups excluding carboxylic acids is 2. The Labute approximate surface area is 147 Å². The Bertz CT molecular complexity index is 769. The maximum Gasteiger partial charge on any atom is 0.325 e. The van der Waals surface area contributed by atoms with E-state index in [0.717, 1.165) is 11.3 Å². The van der Waals surface area contributed by atoms with Crippen LogP contribution in [0.4, 0.5) is 4.79 Å². The third-order valence-electron chi connectivity index (χ3n) is 4.26. The van der Waals surface area contributed by atoms with E-state index in [9.17, 15) is 9.59 Å². The molecule has 2 heterocycles. The molecule has 0 radical (unpaired) electrons. The minimum atomic E-state index is -0.813. The Kier molecular flexibility index (Phi) is 4.59. The fraction of sp³-hybridized carbons (Fsp3) is 0.389. The van der Waals surface area contributed by atoms with Crippen LogP contribution < -0.4 is 5.32 Å². The van der Waals surface area contributed by atoms with Gasteiger partial charge in [0.2, 0.25) is 0 Å². The van der Waals surface area contributed by atoms with Crippen molar-refractivity contribution in [2.75, 3.05) is 20.1 Å². The van der Waals surface area contributed by atoms with E-state index in [-0.39, 0.29) is 11.9 Å². The molecule has 1 fully saturated rings. The van der Waals surface area contributed by atoms with Gasteiger partial charge >= 0.3 is 6.03 Å². The molecule has 0 atom stereocenters. The van der Waals surface area contributed by atoms with Crippen molar-refractivity contribution in [1.82, 2.24) is 24.9 Å². The summed E-state index contributed by atoms with van der Waals surface area (Å²) < 4.78 is 1.84. The van der Waals surface area contributed by atoms with Crippen LogP contribution in [0.1, 0.15) is 19.4 Å². The number of imide groups is 1. The summed E-state index contributed by atoms with van der Waals surface area (Å²) in [6.45, 7) is 5.10. The topological polar surface area (TPSA) is 70.5 Å². The molecule has 7 heteroatoms. The van der Waals surface area contributed by atoms with E-state index < -0.39 is 5.54 Å². The molecular formula is C18H23N5O2. The number of rotatable bonds is 6. The van der Waals surface area contributed by atoms with Crippen molar-refractivity contribution in [1.29, 1.82) is 0 Å². The number of para-hydroxylation sites is 1. The first-order valence-electron chi connectivity index (χ1n) is 8.28. The third kappa shape index (κ3) is 3.71. The molecule has 132 valence electrons. The monoisotopic (exact) mass is 341 g/mol. The molecule has 1 N–H and O–H groups in total. The van der Waals surface area contributed by atoms with E-state index in [1.165, 1.54) is 4.90 Å². The lowest BCUT2D eigenvalue weighted by atomic mass is 10.1. The molecule has 1 aliphatic rings. The van der Waals surface area contributed by atoms with Crippen LogP contribution in [-0.4, -0.2) is 57.2 Å². The predicted octanol–water partition coefficient (Wildman–Crippen LogP) is 1.63. The van der Waals surface area contributed by atoms with Crippen LogP contribution in [0, 0.1) is 0 Å². The number of urea groups is 1. The molecule has 3 rings (SSSR count). The summed E-state index contributed by atoms with van der Waals surface area (Å²) >= 11 is 0. The number of nitrogens with zero attached hydrogens (tertiary/aromatic N) is 4. The first kappa shape index (κ1) is 17.2. The lowest BCUT2D eigenvalue weighted by Crippen LogP contribution is -2.41. The minimum absolute atomic E-state index is 0.178. The maximum atomic E-state index is 12.2. The SMILES string of the molecule is CN(CCN1C(=O)NC(C)(C)C1=O)Cc1cnn(-c2ccccc2)c1. The quantitative estimate of drug-likeness (QED) is 0.811. The average molecular weight is 341 g/mol. The van der Waals surface area contributed by atoms with Gasteiger partial charge in [-0.2, -0.15) is 5.10 Å². The van der Waals surface area contributed by atoms with Crippen molar-refractivity contribution in [2.24, 2.45) is 0 Å². The standard InChI is InChI=1S/C18H23N5O2/c1-18(2)16(24)22(17(25)20-18)10-9-21(3)12-14-11-19-23(13-14)15-7-5-4-6-8-15/h4-8,11,13H,9-10,12H2,1-3H3,(H,20,25). The third-order valence-corrected chi connectivity index (χ3v) is 4.26. The molecule has 1 saturated heterocycles. The zero-order valence-electron chi connectivity index (χ0n) is 14.8. The van der Waals surface area contributed by atoms with Crippen LogP contribution in [-0.2, 0) is 11.3 Å². The lowest BCUT2D eigenvalue weighted by Gasteiger charge is -2.20. The van der Waals surface area contributed by atoms with Gasteiger partial charge in [0, 0.05) is 31.4 Å². The summed E-state index contributed by atoms with van der Waals surface area (Å²) in [5.41, 5.74) is 1.27. The number of hydrogen-bond acceptors (Lipinski definition) is 4. The Morgan fingerprint density at radius 1 is 1.20 bits per heavy atom. The van der Waals surface area contributed by atoms with E-state index in [2.05, 4.69) is 15.3 Å². The lowest BCUT2D eigenvalue weighted by molar-refractivity contribution is -0.130. The van der Waals surface area contributed by atoms with E-state index in [1.807, 2.05) is 54.5 Å². The van der Waals surface area contributed by atoms with Crippen LogP contribution in [0.3, 0.4) is 0 Å². The molecule has 2 aromatic rings. The second-order valence-electron chi connectivity index (χ2n) is 6.88. The fourth-order valence-electron chi connectivity index (χ4n) is 2.85. The minimum Gasteiger partial charge on any atom is -0.324 e. The molecule has 25 heavy (non-hydrogen) atoms. The Morgan fingerprint density at radius 3 is 2.56 bits per heavy atom. The molecule has 0 spiro atoms. The smallest absolute Gasteiger partial charge is 0.324 e. The summed E-state index contributed by atoms with van der Waals surface area (Å²) in [7, 11) is 1.96. The normalized spacial score (nSPS) is 16.6. The predicted molar refractivity (Wildman–Crippen MR) is 94.2 cm³/mol. The summed E-state index contributed by atoms with van der Waals surface area (Å²) in [4.78, 5) is 27.4. The highest BCUT2D eigenvalue weighted by atomic mass is 16.2. The summed E-state index contributed by atoms with van der Waals surface area (Å²) in [6, 6.07) is 9.60. The molecular weight excluding hydrogens is 318 g/mol. The highest BCUT2D eigenvalue weighted by Crippen LogP contribution is 2.16. The van der Waals surface area contributed by atoms with Gasteiger partial charge in [0.25, 0.3) is 5.91 Å². The Morgan fingerprint density at radius 2 is 1.92 bits per heavy atom. The fourth-order valence-corrected chi connectivity index (χ4v) is 2.85. The van der Waals surface area contributed by atoms with Crippen LogP contribution in [0.25, 0.3) is 5.69 Å². The zero-order chi connectivity index (χ0) is 18.0. The van der Waals surface area contributed by atoms with Gasteiger partial charge in [0.15, 0.2) is 0 Å². The van der Waals surface area contributed by atoms with Gasteiger partial charge in [-0.3, -0.25) is 9.69 Å². The van der Waals surface area contributed by atoms with Crippen LogP contribution in [0.15, 0.2) is 42.7 Å². The summed E-state index contributed by atoms with van der Waals surface area (Å²) in [5, 5.41) is 7.08. The number of aromatic nitrogens is 2. The molecule has 1 aliphatic heterocycles. The van der Waals surface area contributed by atoms with Gasteiger partial charge in [0.05, 0.1) is 11.9 Å². The van der Waals surface area contributed by atoms with Crippen LogP contribution >= 0.6 is 0 Å². The first-order valence-corrected chi connectivity index (χ1v) is 8.28. The number of likely N-dealkylation sites (N-methyl/N-ethyl adjacent to an activating group) is 1. The number of nitrogens with one attached hydrogen (secondary N) is 1. The molecule has 7 nitrogen and oxygen atoms in total. The second-order valence-corrected chi connectivity index (χ2v) is 6.88. The van der Waals surface area contributed by atoms with Crippen molar-refractivity contribution >= 4 is 11.9 Å². The highest BCUT2D eigenvalue weighted by molar-refractivity contribution is 6.06. The van der Waals surface area contributed by atoms with Crippen molar-refractivity contribution in [2.45, 2.75) is 25.9 Å².